The minimum absolute atomic E-state index is 0.0637. The Kier molecular flexibility index (Phi) is 5.53. The SMILES string of the molecule is CC(NC(=O)N1CCN(Cc2nc3ccccc3c(=O)[nH]2)CC1)c1ccncc1. The molecule has 8 nitrogen and oxygen atoms in total. The summed E-state index contributed by atoms with van der Waals surface area (Å²) in [7, 11) is 0. The minimum Gasteiger partial charge on any atom is -0.331 e. The molecule has 2 N–H and O–H groups in total. The van der Waals surface area contributed by atoms with Gasteiger partial charge in [-0.15, -0.1) is 0 Å². The molecule has 2 amide bonds. The van der Waals surface area contributed by atoms with E-state index in [0.29, 0.717) is 36.4 Å². The lowest BCUT2D eigenvalue weighted by Crippen LogP contribution is -2.51. The number of fused-ring (bicyclic) bond motifs is 1. The number of pyridine rings is 1. The van der Waals surface area contributed by atoms with Gasteiger partial charge < -0.3 is 15.2 Å². The number of amides is 2. The van der Waals surface area contributed by atoms with Crippen molar-refractivity contribution in [3.8, 4) is 0 Å². The van der Waals surface area contributed by atoms with E-state index < -0.39 is 0 Å². The molecule has 0 radical (unpaired) electrons. The molecule has 0 bridgehead atoms. The summed E-state index contributed by atoms with van der Waals surface area (Å²) in [5.41, 5.74) is 1.61. The van der Waals surface area contributed by atoms with Crippen LogP contribution < -0.4 is 10.9 Å². The van der Waals surface area contributed by atoms with Gasteiger partial charge >= 0.3 is 6.03 Å². The number of para-hydroxylation sites is 1. The lowest BCUT2D eigenvalue weighted by Gasteiger charge is -2.35. The molecular formula is C21H24N6O2. The van der Waals surface area contributed by atoms with Crippen LogP contribution >= 0.6 is 0 Å². The Labute approximate surface area is 168 Å². The van der Waals surface area contributed by atoms with Crippen molar-refractivity contribution in [2.75, 3.05) is 26.2 Å². The highest BCUT2D eigenvalue weighted by atomic mass is 16.2. The zero-order chi connectivity index (χ0) is 20.2. The summed E-state index contributed by atoms with van der Waals surface area (Å²) in [6.45, 7) is 5.24. The first-order chi connectivity index (χ1) is 14.1. The average Bonchev–Trinajstić information content (AvgIpc) is 2.75. The molecule has 0 aliphatic carbocycles. The highest BCUT2D eigenvalue weighted by molar-refractivity contribution is 5.77. The second kappa shape index (κ2) is 8.40. The van der Waals surface area contributed by atoms with E-state index in [2.05, 4.69) is 25.2 Å². The molecule has 4 rings (SSSR count). The molecule has 1 aliphatic heterocycles. The molecule has 1 aliphatic rings. The van der Waals surface area contributed by atoms with Crippen LogP contribution in [-0.2, 0) is 6.54 Å². The van der Waals surface area contributed by atoms with Crippen LogP contribution in [0, 0.1) is 0 Å². The maximum absolute atomic E-state index is 12.6. The van der Waals surface area contributed by atoms with E-state index >= 15 is 0 Å². The minimum atomic E-state index is -0.117. The predicted molar refractivity (Wildman–Crippen MR) is 110 cm³/mol. The molecule has 150 valence electrons. The smallest absolute Gasteiger partial charge is 0.317 e. The lowest BCUT2D eigenvalue weighted by atomic mass is 10.1. The first kappa shape index (κ1) is 19.1. The maximum atomic E-state index is 12.6. The molecule has 1 aromatic carbocycles. The van der Waals surface area contributed by atoms with E-state index in [0.717, 1.165) is 18.7 Å². The van der Waals surface area contributed by atoms with Gasteiger partial charge in [0, 0.05) is 38.6 Å². The van der Waals surface area contributed by atoms with Crippen molar-refractivity contribution in [1.82, 2.24) is 30.1 Å². The monoisotopic (exact) mass is 392 g/mol. The zero-order valence-electron chi connectivity index (χ0n) is 16.3. The van der Waals surface area contributed by atoms with E-state index in [1.807, 2.05) is 42.2 Å². The molecule has 3 aromatic rings. The van der Waals surface area contributed by atoms with Crippen LogP contribution in [0.15, 0.2) is 53.6 Å². The number of nitrogens with zero attached hydrogens (tertiary/aromatic N) is 4. The number of piperazine rings is 1. The number of aromatic nitrogens is 3. The molecule has 3 heterocycles. The summed E-state index contributed by atoms with van der Waals surface area (Å²) < 4.78 is 0. The number of hydrogen-bond donors (Lipinski definition) is 2. The van der Waals surface area contributed by atoms with Crippen molar-refractivity contribution in [2.24, 2.45) is 0 Å². The highest BCUT2D eigenvalue weighted by Gasteiger charge is 2.23. The van der Waals surface area contributed by atoms with E-state index in [-0.39, 0.29) is 17.6 Å². The van der Waals surface area contributed by atoms with Crippen LogP contribution in [0.25, 0.3) is 10.9 Å². The molecule has 0 saturated carbocycles. The van der Waals surface area contributed by atoms with Crippen LogP contribution in [0.1, 0.15) is 24.4 Å². The van der Waals surface area contributed by atoms with Crippen LogP contribution in [-0.4, -0.2) is 57.0 Å². The fraction of sp³-hybridized carbons (Fsp3) is 0.333. The Bertz CT molecular complexity index is 1040. The molecule has 1 unspecified atom stereocenters. The third-order valence-electron chi connectivity index (χ3n) is 5.24. The van der Waals surface area contributed by atoms with Crippen molar-refractivity contribution in [3.05, 3.63) is 70.5 Å². The van der Waals surface area contributed by atoms with E-state index in [9.17, 15) is 9.59 Å². The van der Waals surface area contributed by atoms with E-state index in [1.54, 1.807) is 18.5 Å². The Balaban J connectivity index is 1.32. The van der Waals surface area contributed by atoms with Crippen LogP contribution in [0.3, 0.4) is 0 Å². The van der Waals surface area contributed by atoms with Gasteiger partial charge in [0.15, 0.2) is 0 Å². The summed E-state index contributed by atoms with van der Waals surface area (Å²) in [6, 6.07) is 11.0. The number of aromatic amines is 1. The van der Waals surface area contributed by atoms with Crippen LogP contribution in [0.4, 0.5) is 4.79 Å². The van der Waals surface area contributed by atoms with Crippen molar-refractivity contribution >= 4 is 16.9 Å². The largest absolute Gasteiger partial charge is 0.331 e. The van der Waals surface area contributed by atoms with Crippen molar-refractivity contribution < 1.29 is 4.79 Å². The topological polar surface area (TPSA) is 94.2 Å². The average molecular weight is 392 g/mol. The van der Waals surface area contributed by atoms with E-state index in [4.69, 9.17) is 0 Å². The number of benzene rings is 1. The van der Waals surface area contributed by atoms with Crippen LogP contribution in [0.2, 0.25) is 0 Å². The van der Waals surface area contributed by atoms with Gasteiger partial charge in [0.05, 0.1) is 23.5 Å². The number of urea groups is 1. The molecule has 1 saturated heterocycles. The maximum Gasteiger partial charge on any atom is 0.317 e. The van der Waals surface area contributed by atoms with Gasteiger partial charge in [-0.25, -0.2) is 9.78 Å². The fourth-order valence-electron chi connectivity index (χ4n) is 3.54. The summed E-state index contributed by atoms with van der Waals surface area (Å²) in [4.78, 5) is 40.2. The molecular weight excluding hydrogens is 368 g/mol. The van der Waals surface area contributed by atoms with Gasteiger partial charge in [0.2, 0.25) is 0 Å². The number of hydrogen-bond acceptors (Lipinski definition) is 5. The standard InChI is InChI=1S/C21H24N6O2/c1-15(16-6-8-22-9-7-16)23-21(29)27-12-10-26(11-13-27)14-19-24-18-5-3-2-4-17(18)20(28)25-19/h2-9,15H,10-14H2,1H3,(H,23,29)(H,24,25,28). The molecule has 1 atom stereocenters. The van der Waals surface area contributed by atoms with Gasteiger partial charge in [0.25, 0.3) is 5.56 Å². The fourth-order valence-corrected chi connectivity index (χ4v) is 3.54. The number of H-pyrrole nitrogens is 1. The second-order valence-corrected chi connectivity index (χ2v) is 7.24. The van der Waals surface area contributed by atoms with Crippen LogP contribution in [0.5, 0.6) is 0 Å². The van der Waals surface area contributed by atoms with Gasteiger partial charge in [-0.2, -0.15) is 0 Å². The normalized spacial score (nSPS) is 16.0. The molecule has 1 fully saturated rings. The van der Waals surface area contributed by atoms with E-state index in [1.165, 1.54) is 0 Å². The van der Waals surface area contributed by atoms with Crippen molar-refractivity contribution in [3.63, 3.8) is 0 Å². The Morgan fingerprint density at radius 1 is 1.14 bits per heavy atom. The molecule has 2 aromatic heterocycles. The number of nitrogens with one attached hydrogen (secondary N) is 2. The highest BCUT2D eigenvalue weighted by Crippen LogP contribution is 2.13. The number of carbonyl (C=O) groups excluding carboxylic acids is 1. The Morgan fingerprint density at radius 3 is 2.62 bits per heavy atom. The van der Waals surface area contributed by atoms with Gasteiger partial charge in [-0.1, -0.05) is 12.1 Å². The van der Waals surface area contributed by atoms with Gasteiger partial charge in [0.1, 0.15) is 5.82 Å². The first-order valence-corrected chi connectivity index (χ1v) is 9.76. The van der Waals surface area contributed by atoms with Gasteiger partial charge in [-0.3, -0.25) is 14.7 Å². The van der Waals surface area contributed by atoms with Crippen molar-refractivity contribution in [2.45, 2.75) is 19.5 Å². The summed E-state index contributed by atoms with van der Waals surface area (Å²) in [6.07, 6.45) is 3.45. The summed E-state index contributed by atoms with van der Waals surface area (Å²) in [5.74, 6) is 0.651. The lowest BCUT2D eigenvalue weighted by molar-refractivity contribution is 0.132. The first-order valence-electron chi connectivity index (χ1n) is 9.76. The zero-order valence-corrected chi connectivity index (χ0v) is 16.3. The number of rotatable bonds is 4. The molecule has 0 spiro atoms. The summed E-state index contributed by atoms with van der Waals surface area (Å²) >= 11 is 0. The predicted octanol–water partition coefficient (Wildman–Crippen LogP) is 1.91. The Hall–Kier alpha value is -3.26. The Morgan fingerprint density at radius 2 is 1.86 bits per heavy atom. The molecule has 29 heavy (non-hydrogen) atoms. The third-order valence-corrected chi connectivity index (χ3v) is 5.24. The molecule has 8 heteroatoms. The summed E-state index contributed by atoms with van der Waals surface area (Å²) in [5, 5.41) is 3.64. The quantitative estimate of drug-likeness (QED) is 0.707. The number of carbonyl (C=O) groups is 1. The van der Waals surface area contributed by atoms with Gasteiger partial charge in [-0.05, 0) is 36.8 Å². The van der Waals surface area contributed by atoms with Crippen molar-refractivity contribution in [1.29, 1.82) is 0 Å². The third kappa shape index (κ3) is 4.43. The second-order valence-electron chi connectivity index (χ2n) is 7.24.